The molecule has 1 atom stereocenters. The fourth-order valence-corrected chi connectivity index (χ4v) is 1.94. The monoisotopic (exact) mass is 239 g/mol. The van der Waals surface area contributed by atoms with Gasteiger partial charge in [-0.2, -0.15) is 0 Å². The van der Waals surface area contributed by atoms with Crippen molar-refractivity contribution < 1.29 is 15.0 Å². The summed E-state index contributed by atoms with van der Waals surface area (Å²) in [6.45, 7) is 1.89. The van der Waals surface area contributed by atoms with Crippen LogP contribution in [0.25, 0.3) is 0 Å². The fraction of sp³-hybridized carbons (Fsp3) is 0.727. The Kier molecular flexibility index (Phi) is 3.42. The highest BCUT2D eigenvalue weighted by Crippen LogP contribution is 2.33. The van der Waals surface area contributed by atoms with Crippen molar-refractivity contribution >= 4 is 5.97 Å². The van der Waals surface area contributed by atoms with Crippen molar-refractivity contribution in [3.05, 3.63) is 11.4 Å². The first-order valence-corrected chi connectivity index (χ1v) is 5.95. The van der Waals surface area contributed by atoms with Crippen LogP contribution < -0.4 is 0 Å². The SMILES string of the molecule is CCC(CO)n1nnc(C(=O)O)c1CC1CC1. The third-order valence-electron chi connectivity index (χ3n) is 3.20. The molecule has 0 radical (unpaired) electrons. The van der Waals surface area contributed by atoms with Crippen molar-refractivity contribution in [2.45, 2.75) is 38.6 Å². The Bertz CT molecular complexity index is 408. The van der Waals surface area contributed by atoms with Gasteiger partial charge in [-0.25, -0.2) is 9.48 Å². The number of carboxylic acid groups (broad SMARTS) is 1. The summed E-state index contributed by atoms with van der Waals surface area (Å²) < 4.78 is 1.59. The second-order valence-corrected chi connectivity index (χ2v) is 4.53. The van der Waals surface area contributed by atoms with E-state index in [-0.39, 0.29) is 18.3 Å². The molecule has 6 heteroatoms. The van der Waals surface area contributed by atoms with E-state index < -0.39 is 5.97 Å². The molecule has 1 aromatic heterocycles. The van der Waals surface area contributed by atoms with Crippen molar-refractivity contribution in [2.75, 3.05) is 6.61 Å². The summed E-state index contributed by atoms with van der Waals surface area (Å²) in [5.74, 6) is -0.485. The number of aliphatic hydroxyl groups excluding tert-OH is 1. The van der Waals surface area contributed by atoms with Gasteiger partial charge in [-0.1, -0.05) is 12.1 Å². The van der Waals surface area contributed by atoms with Crippen LogP contribution in [0.4, 0.5) is 0 Å². The van der Waals surface area contributed by atoms with Crippen molar-refractivity contribution in [3.63, 3.8) is 0 Å². The third-order valence-corrected chi connectivity index (χ3v) is 3.20. The van der Waals surface area contributed by atoms with Crippen LogP contribution in [-0.4, -0.2) is 37.8 Å². The molecule has 6 nitrogen and oxygen atoms in total. The molecule has 94 valence electrons. The molecule has 1 aromatic rings. The van der Waals surface area contributed by atoms with Gasteiger partial charge in [-0.15, -0.1) is 5.10 Å². The molecule has 0 bridgehead atoms. The molecule has 0 aromatic carbocycles. The number of carboxylic acids is 1. The fourth-order valence-electron chi connectivity index (χ4n) is 1.94. The Morgan fingerprint density at radius 3 is 2.76 bits per heavy atom. The van der Waals surface area contributed by atoms with E-state index in [1.165, 1.54) is 0 Å². The molecule has 17 heavy (non-hydrogen) atoms. The minimum Gasteiger partial charge on any atom is -0.476 e. The molecule has 1 saturated carbocycles. The summed E-state index contributed by atoms with van der Waals surface area (Å²) in [4.78, 5) is 11.1. The van der Waals surface area contributed by atoms with Crippen LogP contribution in [-0.2, 0) is 6.42 Å². The maximum absolute atomic E-state index is 11.1. The van der Waals surface area contributed by atoms with Gasteiger partial charge in [0.1, 0.15) is 0 Å². The number of aliphatic hydroxyl groups is 1. The largest absolute Gasteiger partial charge is 0.476 e. The van der Waals surface area contributed by atoms with E-state index in [4.69, 9.17) is 5.11 Å². The summed E-state index contributed by atoms with van der Waals surface area (Å²) in [7, 11) is 0. The van der Waals surface area contributed by atoms with Crippen molar-refractivity contribution in [1.29, 1.82) is 0 Å². The third kappa shape index (κ3) is 2.46. The van der Waals surface area contributed by atoms with Gasteiger partial charge in [0.15, 0.2) is 5.69 Å². The van der Waals surface area contributed by atoms with Gasteiger partial charge in [0.05, 0.1) is 18.3 Å². The van der Waals surface area contributed by atoms with Crippen molar-refractivity contribution in [2.24, 2.45) is 5.92 Å². The second kappa shape index (κ2) is 4.83. The van der Waals surface area contributed by atoms with E-state index in [0.29, 0.717) is 24.5 Å². The molecule has 2 N–H and O–H groups in total. The number of hydrogen-bond acceptors (Lipinski definition) is 4. The topological polar surface area (TPSA) is 88.2 Å². The van der Waals surface area contributed by atoms with Gasteiger partial charge >= 0.3 is 5.97 Å². The van der Waals surface area contributed by atoms with Gasteiger partial charge in [0.2, 0.25) is 0 Å². The van der Waals surface area contributed by atoms with Gasteiger partial charge in [-0.3, -0.25) is 0 Å². The Balaban J connectivity index is 2.32. The van der Waals surface area contributed by atoms with Crippen LogP contribution >= 0.6 is 0 Å². The lowest BCUT2D eigenvalue weighted by Crippen LogP contribution is -2.18. The van der Waals surface area contributed by atoms with Crippen LogP contribution in [0.15, 0.2) is 0 Å². The highest BCUT2D eigenvalue weighted by Gasteiger charge is 2.29. The quantitative estimate of drug-likeness (QED) is 0.769. The number of aromatic nitrogens is 3. The zero-order valence-electron chi connectivity index (χ0n) is 9.83. The lowest BCUT2D eigenvalue weighted by Gasteiger charge is -2.14. The molecule has 1 aliphatic carbocycles. The Labute approximate surface area is 99.3 Å². The maximum atomic E-state index is 11.1. The van der Waals surface area contributed by atoms with Crippen LogP contribution in [0.5, 0.6) is 0 Å². The molecule has 1 heterocycles. The highest BCUT2D eigenvalue weighted by atomic mass is 16.4. The Hall–Kier alpha value is -1.43. The molecular weight excluding hydrogens is 222 g/mol. The molecule has 1 aliphatic rings. The number of carbonyl (C=O) groups is 1. The number of nitrogens with zero attached hydrogens (tertiary/aromatic N) is 3. The molecule has 1 unspecified atom stereocenters. The first kappa shape index (κ1) is 12.0. The van der Waals surface area contributed by atoms with Crippen LogP contribution in [0.2, 0.25) is 0 Å². The van der Waals surface area contributed by atoms with E-state index in [2.05, 4.69) is 10.3 Å². The summed E-state index contributed by atoms with van der Waals surface area (Å²) in [6.07, 6.45) is 3.68. The van der Waals surface area contributed by atoms with E-state index >= 15 is 0 Å². The lowest BCUT2D eigenvalue weighted by atomic mass is 10.1. The van der Waals surface area contributed by atoms with Crippen LogP contribution in [0.3, 0.4) is 0 Å². The average Bonchev–Trinajstić information content (AvgIpc) is 3.01. The second-order valence-electron chi connectivity index (χ2n) is 4.53. The standard InChI is InChI=1S/C11H17N3O3/c1-2-8(6-15)14-9(5-7-3-4-7)10(11(16)17)12-13-14/h7-8,15H,2-6H2,1H3,(H,16,17). The normalized spacial score (nSPS) is 17.1. The first-order chi connectivity index (χ1) is 8.17. The molecule has 0 spiro atoms. The van der Waals surface area contributed by atoms with Gasteiger partial charge < -0.3 is 10.2 Å². The number of aromatic carboxylic acids is 1. The molecule has 0 amide bonds. The lowest BCUT2D eigenvalue weighted by molar-refractivity contribution is 0.0688. The zero-order chi connectivity index (χ0) is 12.4. The smallest absolute Gasteiger partial charge is 0.358 e. The van der Waals surface area contributed by atoms with Crippen LogP contribution in [0, 0.1) is 5.92 Å². The van der Waals surface area contributed by atoms with Crippen molar-refractivity contribution in [1.82, 2.24) is 15.0 Å². The molecule has 2 rings (SSSR count). The molecular formula is C11H17N3O3. The predicted octanol–water partition coefficient (Wildman–Crippen LogP) is 0.872. The predicted molar refractivity (Wildman–Crippen MR) is 59.8 cm³/mol. The minimum absolute atomic E-state index is 0.0313. The zero-order valence-corrected chi connectivity index (χ0v) is 9.83. The minimum atomic E-state index is -1.04. The number of hydrogen-bond donors (Lipinski definition) is 2. The van der Waals surface area contributed by atoms with Gasteiger partial charge in [0, 0.05) is 0 Å². The molecule has 0 aliphatic heterocycles. The van der Waals surface area contributed by atoms with Gasteiger partial charge in [0.25, 0.3) is 0 Å². The average molecular weight is 239 g/mol. The summed E-state index contributed by atoms with van der Waals surface area (Å²) in [5.41, 5.74) is 0.685. The summed E-state index contributed by atoms with van der Waals surface area (Å²) in [5, 5.41) is 25.9. The van der Waals surface area contributed by atoms with E-state index in [1.807, 2.05) is 6.92 Å². The van der Waals surface area contributed by atoms with E-state index in [0.717, 1.165) is 12.8 Å². The van der Waals surface area contributed by atoms with Gasteiger partial charge in [-0.05, 0) is 31.6 Å². The summed E-state index contributed by atoms with van der Waals surface area (Å²) in [6, 6.07) is -0.177. The van der Waals surface area contributed by atoms with E-state index in [9.17, 15) is 9.90 Å². The highest BCUT2D eigenvalue weighted by molar-refractivity contribution is 5.86. The molecule has 1 fully saturated rings. The first-order valence-electron chi connectivity index (χ1n) is 5.95. The summed E-state index contributed by atoms with van der Waals surface area (Å²) >= 11 is 0. The maximum Gasteiger partial charge on any atom is 0.358 e. The van der Waals surface area contributed by atoms with E-state index in [1.54, 1.807) is 4.68 Å². The Morgan fingerprint density at radius 2 is 2.29 bits per heavy atom. The molecule has 0 saturated heterocycles. The van der Waals surface area contributed by atoms with Crippen LogP contribution in [0.1, 0.15) is 48.4 Å². The Morgan fingerprint density at radius 1 is 1.59 bits per heavy atom. The van der Waals surface area contributed by atoms with Crippen molar-refractivity contribution in [3.8, 4) is 0 Å². The number of rotatable bonds is 6.